The Kier molecular flexibility index (Phi) is 5.09. The molecule has 0 unspecified atom stereocenters. The summed E-state index contributed by atoms with van der Waals surface area (Å²) in [4.78, 5) is 11.9. The summed E-state index contributed by atoms with van der Waals surface area (Å²) in [7, 11) is 0. The van der Waals surface area contributed by atoms with Crippen LogP contribution in [0.2, 0.25) is 10.0 Å². The highest BCUT2D eigenvalue weighted by Crippen LogP contribution is 2.32. The summed E-state index contributed by atoms with van der Waals surface area (Å²) in [6, 6.07) is 5.03. The fourth-order valence-electron chi connectivity index (χ4n) is 1.90. The molecule has 2 aromatic rings. The number of amides is 1. The molecule has 21 heavy (non-hydrogen) atoms. The number of nitrogens with one attached hydrogen (secondary N) is 1. The molecule has 1 aromatic carbocycles. The minimum Gasteiger partial charge on any atom is -0.399 e. The number of benzene rings is 1. The molecule has 1 amide bonds. The highest BCUT2D eigenvalue weighted by atomic mass is 35.5. The molecule has 0 bridgehead atoms. The molecular weight excluding hydrogens is 311 g/mol. The molecule has 1 aromatic heterocycles. The molecule has 0 spiro atoms. The Balaban J connectivity index is 1.87. The topological polar surface area (TPSA) is 72.9 Å². The van der Waals surface area contributed by atoms with E-state index in [1.807, 2.05) is 23.9 Å². The van der Waals surface area contributed by atoms with Crippen molar-refractivity contribution in [2.24, 2.45) is 0 Å². The van der Waals surface area contributed by atoms with Crippen LogP contribution < -0.4 is 11.1 Å². The Morgan fingerprint density at radius 3 is 2.62 bits per heavy atom. The lowest BCUT2D eigenvalue weighted by molar-refractivity contribution is -0.116. The van der Waals surface area contributed by atoms with Crippen LogP contribution in [0.3, 0.4) is 0 Å². The van der Waals surface area contributed by atoms with Gasteiger partial charge in [0.1, 0.15) is 0 Å². The van der Waals surface area contributed by atoms with Crippen LogP contribution in [-0.2, 0) is 11.3 Å². The maximum Gasteiger partial charge on any atom is 0.224 e. The SMILES string of the molecule is Cc1ccn(CCCC(=O)Nc2c(Cl)cc(N)cc2Cl)n1. The monoisotopic (exact) mass is 326 g/mol. The van der Waals surface area contributed by atoms with Gasteiger partial charge in [0.2, 0.25) is 5.91 Å². The van der Waals surface area contributed by atoms with E-state index in [1.165, 1.54) is 0 Å². The summed E-state index contributed by atoms with van der Waals surface area (Å²) < 4.78 is 1.81. The van der Waals surface area contributed by atoms with Gasteiger partial charge in [-0.05, 0) is 31.5 Å². The van der Waals surface area contributed by atoms with Gasteiger partial charge in [-0.3, -0.25) is 9.48 Å². The van der Waals surface area contributed by atoms with E-state index in [4.69, 9.17) is 28.9 Å². The van der Waals surface area contributed by atoms with E-state index in [0.717, 1.165) is 5.69 Å². The first-order valence-corrected chi connectivity index (χ1v) is 7.25. The van der Waals surface area contributed by atoms with Gasteiger partial charge in [0.05, 0.1) is 21.4 Å². The summed E-state index contributed by atoms with van der Waals surface area (Å²) in [5, 5.41) is 7.63. The first kappa shape index (κ1) is 15.7. The number of nitrogen functional groups attached to an aromatic ring is 1. The summed E-state index contributed by atoms with van der Waals surface area (Å²) in [5.74, 6) is -0.146. The number of nitrogens with zero attached hydrogens (tertiary/aromatic N) is 2. The van der Waals surface area contributed by atoms with Crippen molar-refractivity contribution in [3.05, 3.63) is 40.1 Å². The molecule has 5 nitrogen and oxygen atoms in total. The molecule has 0 aliphatic rings. The van der Waals surface area contributed by atoms with Crippen molar-refractivity contribution in [2.45, 2.75) is 26.3 Å². The number of anilines is 2. The van der Waals surface area contributed by atoms with E-state index in [1.54, 1.807) is 12.1 Å². The number of rotatable bonds is 5. The average Bonchev–Trinajstić information content (AvgIpc) is 2.79. The average molecular weight is 327 g/mol. The van der Waals surface area contributed by atoms with Crippen LogP contribution >= 0.6 is 23.2 Å². The van der Waals surface area contributed by atoms with Crippen LogP contribution in [-0.4, -0.2) is 15.7 Å². The molecule has 0 saturated heterocycles. The molecule has 112 valence electrons. The fourth-order valence-corrected chi connectivity index (χ4v) is 2.50. The molecule has 0 radical (unpaired) electrons. The molecule has 0 atom stereocenters. The molecule has 0 fully saturated rings. The van der Waals surface area contributed by atoms with Crippen LogP contribution in [0.5, 0.6) is 0 Å². The molecule has 0 saturated carbocycles. The summed E-state index contributed by atoms with van der Waals surface area (Å²) in [6.45, 7) is 2.61. The van der Waals surface area contributed by atoms with Crippen molar-refractivity contribution < 1.29 is 4.79 Å². The molecule has 7 heteroatoms. The summed E-state index contributed by atoms with van der Waals surface area (Å²) in [5.41, 5.74) is 7.42. The lowest BCUT2D eigenvalue weighted by Crippen LogP contribution is -2.13. The molecular formula is C14H16Cl2N4O. The lowest BCUT2D eigenvalue weighted by atomic mass is 10.2. The van der Waals surface area contributed by atoms with Crippen LogP contribution in [0, 0.1) is 6.92 Å². The molecule has 2 rings (SSSR count). The smallest absolute Gasteiger partial charge is 0.224 e. The van der Waals surface area contributed by atoms with Gasteiger partial charge in [0.15, 0.2) is 0 Å². The second-order valence-electron chi connectivity index (χ2n) is 4.73. The fraction of sp³-hybridized carbons (Fsp3) is 0.286. The van der Waals surface area contributed by atoms with E-state index in [9.17, 15) is 4.79 Å². The minimum absolute atomic E-state index is 0.146. The summed E-state index contributed by atoms with van der Waals surface area (Å²) in [6.07, 6.45) is 2.92. The third-order valence-corrected chi connectivity index (χ3v) is 3.49. The van der Waals surface area contributed by atoms with Gasteiger partial charge in [-0.15, -0.1) is 0 Å². The maximum atomic E-state index is 11.9. The third kappa shape index (κ3) is 4.37. The van der Waals surface area contributed by atoms with E-state index in [2.05, 4.69) is 10.4 Å². The maximum absolute atomic E-state index is 11.9. The number of hydrogen-bond donors (Lipinski definition) is 2. The van der Waals surface area contributed by atoms with Gasteiger partial charge in [-0.2, -0.15) is 5.10 Å². The first-order valence-electron chi connectivity index (χ1n) is 6.50. The van der Waals surface area contributed by atoms with Crippen molar-refractivity contribution in [3.8, 4) is 0 Å². The zero-order chi connectivity index (χ0) is 15.4. The number of hydrogen-bond acceptors (Lipinski definition) is 3. The molecule has 0 aliphatic heterocycles. The Labute approximate surface area is 133 Å². The largest absolute Gasteiger partial charge is 0.399 e. The van der Waals surface area contributed by atoms with Crippen LogP contribution in [0.25, 0.3) is 0 Å². The Morgan fingerprint density at radius 2 is 2.05 bits per heavy atom. The highest BCUT2D eigenvalue weighted by Gasteiger charge is 2.11. The third-order valence-electron chi connectivity index (χ3n) is 2.89. The Hall–Kier alpha value is -1.72. The summed E-state index contributed by atoms with van der Waals surface area (Å²) >= 11 is 12.0. The first-order chi connectivity index (χ1) is 9.95. The van der Waals surface area contributed by atoms with Crippen molar-refractivity contribution in [1.82, 2.24) is 9.78 Å². The van der Waals surface area contributed by atoms with Crippen molar-refractivity contribution >= 4 is 40.5 Å². The van der Waals surface area contributed by atoms with Gasteiger partial charge >= 0.3 is 0 Å². The lowest BCUT2D eigenvalue weighted by Gasteiger charge is -2.10. The van der Waals surface area contributed by atoms with Gasteiger partial charge in [0, 0.05) is 24.8 Å². The van der Waals surface area contributed by atoms with Crippen molar-refractivity contribution in [2.75, 3.05) is 11.1 Å². The van der Waals surface area contributed by atoms with Crippen LogP contribution in [0.15, 0.2) is 24.4 Å². The Morgan fingerprint density at radius 1 is 1.38 bits per heavy atom. The van der Waals surface area contributed by atoms with Crippen LogP contribution in [0.4, 0.5) is 11.4 Å². The number of nitrogens with two attached hydrogens (primary N) is 1. The molecule has 1 heterocycles. The van der Waals surface area contributed by atoms with E-state index >= 15 is 0 Å². The minimum atomic E-state index is -0.146. The number of carbonyl (C=O) groups is 1. The zero-order valence-corrected chi connectivity index (χ0v) is 13.1. The predicted octanol–water partition coefficient (Wildman–Crippen LogP) is 3.50. The number of aryl methyl sites for hydroxylation is 2. The number of halogens is 2. The van der Waals surface area contributed by atoms with Gasteiger partial charge in [-0.25, -0.2) is 0 Å². The second kappa shape index (κ2) is 6.83. The van der Waals surface area contributed by atoms with E-state index < -0.39 is 0 Å². The quantitative estimate of drug-likeness (QED) is 0.826. The van der Waals surface area contributed by atoms with E-state index in [-0.39, 0.29) is 5.91 Å². The van der Waals surface area contributed by atoms with Gasteiger partial charge in [0.25, 0.3) is 0 Å². The zero-order valence-electron chi connectivity index (χ0n) is 11.6. The molecule has 0 aliphatic carbocycles. The number of carbonyl (C=O) groups excluding carboxylic acids is 1. The predicted molar refractivity (Wildman–Crippen MR) is 85.7 cm³/mol. The standard InChI is InChI=1S/C14H16Cl2N4O/c1-9-4-6-20(19-9)5-2-3-13(21)18-14-11(15)7-10(17)8-12(14)16/h4,6-8H,2-3,5,17H2,1H3,(H,18,21). The highest BCUT2D eigenvalue weighted by molar-refractivity contribution is 6.40. The van der Waals surface area contributed by atoms with Crippen molar-refractivity contribution in [3.63, 3.8) is 0 Å². The van der Waals surface area contributed by atoms with E-state index in [0.29, 0.717) is 40.8 Å². The Bertz CT molecular complexity index is 631. The van der Waals surface area contributed by atoms with Gasteiger partial charge < -0.3 is 11.1 Å². The van der Waals surface area contributed by atoms with Crippen molar-refractivity contribution in [1.29, 1.82) is 0 Å². The molecule has 3 N–H and O–H groups in total. The normalized spacial score (nSPS) is 10.6. The van der Waals surface area contributed by atoms with Crippen LogP contribution in [0.1, 0.15) is 18.5 Å². The second-order valence-corrected chi connectivity index (χ2v) is 5.55. The van der Waals surface area contributed by atoms with Gasteiger partial charge in [-0.1, -0.05) is 23.2 Å². The number of aromatic nitrogens is 2.